The van der Waals surface area contributed by atoms with Crippen molar-refractivity contribution in [3.05, 3.63) is 88.7 Å². The number of sulfonamides is 1. The molecule has 3 aromatic rings. The van der Waals surface area contributed by atoms with E-state index in [0.29, 0.717) is 0 Å². The number of carbonyl (C=O) groups is 1. The first kappa shape index (κ1) is 21.1. The van der Waals surface area contributed by atoms with Gasteiger partial charge in [0.15, 0.2) is 0 Å². The van der Waals surface area contributed by atoms with Crippen molar-refractivity contribution in [2.24, 2.45) is 0 Å². The summed E-state index contributed by atoms with van der Waals surface area (Å²) in [7, 11) is -4.05. The summed E-state index contributed by atoms with van der Waals surface area (Å²) < 4.78 is 27.4. The molecule has 0 bridgehead atoms. The lowest BCUT2D eigenvalue weighted by Crippen LogP contribution is -2.40. The Balaban J connectivity index is 1.91. The molecule has 0 fully saturated rings. The van der Waals surface area contributed by atoms with E-state index in [1.807, 2.05) is 0 Å². The van der Waals surface area contributed by atoms with Gasteiger partial charge >= 0.3 is 0 Å². The number of halogens is 2. The molecule has 29 heavy (non-hydrogen) atoms. The molecule has 0 unspecified atom stereocenters. The normalized spacial score (nSPS) is 11.1. The first-order valence-electron chi connectivity index (χ1n) is 8.57. The summed E-state index contributed by atoms with van der Waals surface area (Å²) in [5.74, 6) is -0.496. The van der Waals surface area contributed by atoms with Crippen LogP contribution in [0.15, 0.2) is 78.0 Å². The zero-order valence-corrected chi connectivity index (χ0v) is 17.5. The van der Waals surface area contributed by atoms with Crippen LogP contribution in [0.2, 0.25) is 10.0 Å². The smallest absolute Gasteiger partial charge is 0.264 e. The maximum absolute atomic E-state index is 13.2. The van der Waals surface area contributed by atoms with Crippen LogP contribution in [0.4, 0.5) is 5.69 Å². The third kappa shape index (κ3) is 5.06. The molecule has 9 heteroatoms. The summed E-state index contributed by atoms with van der Waals surface area (Å²) in [5, 5.41) is 2.93. The second kappa shape index (κ2) is 9.26. The van der Waals surface area contributed by atoms with E-state index in [4.69, 9.17) is 23.2 Å². The number of pyridine rings is 1. The lowest BCUT2D eigenvalue weighted by molar-refractivity contribution is -0.119. The molecular formula is C20H17Cl2N3O3S. The molecule has 0 atom stereocenters. The lowest BCUT2D eigenvalue weighted by Gasteiger charge is -2.25. The van der Waals surface area contributed by atoms with Gasteiger partial charge in [0, 0.05) is 18.9 Å². The number of rotatable bonds is 7. The molecule has 1 heterocycles. The monoisotopic (exact) mass is 449 g/mol. The van der Waals surface area contributed by atoms with E-state index in [1.165, 1.54) is 18.2 Å². The van der Waals surface area contributed by atoms with Crippen molar-refractivity contribution in [2.75, 3.05) is 10.8 Å². The van der Waals surface area contributed by atoms with Crippen molar-refractivity contribution in [3.8, 4) is 0 Å². The highest BCUT2D eigenvalue weighted by Crippen LogP contribution is 2.35. The number of aromatic nitrogens is 1. The quantitative estimate of drug-likeness (QED) is 0.592. The maximum Gasteiger partial charge on any atom is 0.264 e. The molecule has 2 aromatic carbocycles. The predicted octanol–water partition coefficient (Wildman–Crippen LogP) is 3.90. The Bertz CT molecular complexity index is 1090. The highest BCUT2D eigenvalue weighted by molar-refractivity contribution is 7.92. The fourth-order valence-electron chi connectivity index (χ4n) is 2.59. The predicted molar refractivity (Wildman–Crippen MR) is 114 cm³/mol. The van der Waals surface area contributed by atoms with Crippen molar-refractivity contribution in [2.45, 2.75) is 11.4 Å². The Morgan fingerprint density at radius 1 is 1.00 bits per heavy atom. The van der Waals surface area contributed by atoms with E-state index in [2.05, 4.69) is 10.3 Å². The van der Waals surface area contributed by atoms with E-state index < -0.39 is 22.5 Å². The summed E-state index contributed by atoms with van der Waals surface area (Å²) in [6, 6.07) is 16.0. The minimum atomic E-state index is -4.05. The van der Waals surface area contributed by atoms with Crippen LogP contribution in [0.25, 0.3) is 0 Å². The van der Waals surface area contributed by atoms with Gasteiger partial charge in [-0.25, -0.2) is 8.42 Å². The van der Waals surface area contributed by atoms with E-state index in [0.717, 1.165) is 9.87 Å². The van der Waals surface area contributed by atoms with Gasteiger partial charge in [0.1, 0.15) is 6.54 Å². The van der Waals surface area contributed by atoms with E-state index in [-0.39, 0.29) is 27.2 Å². The van der Waals surface area contributed by atoms with Crippen LogP contribution in [0.1, 0.15) is 5.56 Å². The molecule has 6 nitrogen and oxygen atoms in total. The largest absolute Gasteiger partial charge is 0.350 e. The molecule has 0 aliphatic heterocycles. The molecular weight excluding hydrogens is 433 g/mol. The Morgan fingerprint density at radius 3 is 2.45 bits per heavy atom. The minimum Gasteiger partial charge on any atom is -0.350 e. The van der Waals surface area contributed by atoms with E-state index >= 15 is 0 Å². The fraction of sp³-hybridized carbons (Fsp3) is 0.100. The van der Waals surface area contributed by atoms with Crippen molar-refractivity contribution < 1.29 is 13.2 Å². The second-order valence-corrected chi connectivity index (χ2v) is 8.68. The van der Waals surface area contributed by atoms with Crippen molar-refractivity contribution in [1.82, 2.24) is 10.3 Å². The molecule has 3 rings (SSSR count). The van der Waals surface area contributed by atoms with Gasteiger partial charge in [-0.05, 0) is 35.9 Å². The van der Waals surface area contributed by atoms with Gasteiger partial charge in [-0.2, -0.15) is 0 Å². The van der Waals surface area contributed by atoms with Crippen LogP contribution < -0.4 is 9.62 Å². The highest BCUT2D eigenvalue weighted by atomic mass is 35.5. The summed E-state index contributed by atoms with van der Waals surface area (Å²) >= 11 is 12.3. The molecule has 1 aromatic heterocycles. The first-order valence-corrected chi connectivity index (χ1v) is 10.8. The molecule has 150 valence electrons. The molecule has 0 radical (unpaired) electrons. The van der Waals surface area contributed by atoms with Crippen LogP contribution in [-0.2, 0) is 21.4 Å². The molecule has 0 saturated carbocycles. The number of hydrogen-bond acceptors (Lipinski definition) is 4. The van der Waals surface area contributed by atoms with E-state index in [1.54, 1.807) is 54.9 Å². The third-order valence-electron chi connectivity index (χ3n) is 4.03. The summed E-state index contributed by atoms with van der Waals surface area (Å²) in [5.41, 5.74) is 0.915. The number of carbonyl (C=O) groups excluding carboxylic acids is 1. The van der Waals surface area contributed by atoms with Crippen LogP contribution in [0.5, 0.6) is 0 Å². The zero-order valence-electron chi connectivity index (χ0n) is 15.1. The zero-order chi connectivity index (χ0) is 20.9. The molecule has 1 N–H and O–H groups in total. The Labute approximate surface area is 179 Å². The Morgan fingerprint density at radius 2 is 1.76 bits per heavy atom. The average Bonchev–Trinajstić information content (AvgIpc) is 2.74. The van der Waals surface area contributed by atoms with Gasteiger partial charge in [0.2, 0.25) is 5.91 Å². The summed E-state index contributed by atoms with van der Waals surface area (Å²) in [6.07, 6.45) is 3.24. The average molecular weight is 450 g/mol. The van der Waals surface area contributed by atoms with Crippen LogP contribution in [-0.4, -0.2) is 25.9 Å². The van der Waals surface area contributed by atoms with Gasteiger partial charge in [-0.1, -0.05) is 53.5 Å². The van der Waals surface area contributed by atoms with Gasteiger partial charge in [0.25, 0.3) is 10.0 Å². The maximum atomic E-state index is 13.2. The van der Waals surface area contributed by atoms with Crippen LogP contribution >= 0.6 is 23.2 Å². The van der Waals surface area contributed by atoms with Gasteiger partial charge in [0.05, 0.1) is 20.6 Å². The van der Waals surface area contributed by atoms with Gasteiger partial charge in [-0.15, -0.1) is 0 Å². The SMILES string of the molecule is O=C(CN(c1cccc(Cl)c1Cl)S(=O)(=O)c1ccccc1)NCc1cccnc1. The van der Waals surface area contributed by atoms with Crippen molar-refractivity contribution in [1.29, 1.82) is 0 Å². The van der Waals surface area contributed by atoms with Crippen molar-refractivity contribution in [3.63, 3.8) is 0 Å². The van der Waals surface area contributed by atoms with Crippen LogP contribution in [0, 0.1) is 0 Å². The number of amides is 1. The fourth-order valence-corrected chi connectivity index (χ4v) is 4.50. The second-order valence-electron chi connectivity index (χ2n) is 6.04. The van der Waals surface area contributed by atoms with Gasteiger partial charge < -0.3 is 5.32 Å². The Hall–Kier alpha value is -2.61. The molecule has 0 saturated heterocycles. The molecule has 1 amide bonds. The van der Waals surface area contributed by atoms with Gasteiger partial charge in [-0.3, -0.25) is 14.1 Å². The lowest BCUT2D eigenvalue weighted by atomic mass is 10.3. The number of anilines is 1. The molecule has 0 aliphatic rings. The first-order chi connectivity index (χ1) is 13.9. The standard InChI is InChI=1S/C20H17Cl2N3O3S/c21-17-9-4-10-18(20(17)22)25(29(27,28)16-7-2-1-3-8-16)14-19(26)24-13-15-6-5-11-23-12-15/h1-12H,13-14H2,(H,24,26). The summed E-state index contributed by atoms with van der Waals surface area (Å²) in [6.45, 7) is -0.243. The minimum absolute atomic E-state index is 0.0381. The Kier molecular flexibility index (Phi) is 6.74. The number of nitrogens with one attached hydrogen (secondary N) is 1. The topological polar surface area (TPSA) is 79.4 Å². The number of hydrogen-bond donors (Lipinski definition) is 1. The third-order valence-corrected chi connectivity index (χ3v) is 6.61. The van der Waals surface area contributed by atoms with E-state index in [9.17, 15) is 13.2 Å². The molecule has 0 aliphatic carbocycles. The number of nitrogens with zero attached hydrogens (tertiary/aromatic N) is 2. The highest BCUT2D eigenvalue weighted by Gasteiger charge is 2.29. The molecule has 0 spiro atoms. The number of benzene rings is 2. The van der Waals surface area contributed by atoms with Crippen molar-refractivity contribution >= 4 is 44.8 Å². The summed E-state index contributed by atoms with van der Waals surface area (Å²) in [4.78, 5) is 16.6. The van der Waals surface area contributed by atoms with Crippen LogP contribution in [0.3, 0.4) is 0 Å².